The number of hydrogen-bond acceptors (Lipinski definition) is 4. The van der Waals surface area contributed by atoms with Crippen molar-refractivity contribution in [2.24, 2.45) is 5.92 Å². The summed E-state index contributed by atoms with van der Waals surface area (Å²) in [5.74, 6) is -0.983. The van der Waals surface area contributed by atoms with Gasteiger partial charge in [0.25, 0.3) is 0 Å². The highest BCUT2D eigenvalue weighted by Gasteiger charge is 2.38. The summed E-state index contributed by atoms with van der Waals surface area (Å²) in [5, 5.41) is 3.18. The number of carbonyl (C=O) groups is 2. The van der Waals surface area contributed by atoms with E-state index in [-0.39, 0.29) is 30.1 Å². The minimum absolute atomic E-state index is 0.205. The van der Waals surface area contributed by atoms with Crippen molar-refractivity contribution in [1.29, 1.82) is 0 Å². The van der Waals surface area contributed by atoms with Crippen LogP contribution in [0.4, 0.5) is 0 Å². The second-order valence-electron chi connectivity index (χ2n) is 5.02. The summed E-state index contributed by atoms with van der Waals surface area (Å²) in [6.07, 6.45) is 2.42. The lowest BCUT2D eigenvalue weighted by Crippen LogP contribution is -2.45. The molecular weight excluding hydrogens is 308 g/mol. The first kappa shape index (κ1) is 14.2. The molecule has 6 heteroatoms. The molecule has 1 N–H and O–H groups in total. The molecule has 2 amide bonds. The molecule has 1 aromatic heterocycles. The predicted octanol–water partition coefficient (Wildman–Crippen LogP) is 2.79. The van der Waals surface area contributed by atoms with Crippen LogP contribution in [0, 0.1) is 5.92 Å². The van der Waals surface area contributed by atoms with Gasteiger partial charge in [-0.3, -0.25) is 14.9 Å². The first-order valence-corrected chi connectivity index (χ1v) is 7.82. The van der Waals surface area contributed by atoms with Gasteiger partial charge in [0.2, 0.25) is 11.8 Å². The van der Waals surface area contributed by atoms with Crippen LogP contribution in [0.25, 0.3) is 0 Å². The number of carbonyl (C=O) groups excluding carboxylic acids is 2. The zero-order chi connectivity index (χ0) is 14.8. The van der Waals surface area contributed by atoms with Crippen LogP contribution in [0.5, 0.6) is 0 Å². The van der Waals surface area contributed by atoms with Crippen molar-refractivity contribution >= 4 is 34.8 Å². The monoisotopic (exact) mass is 320 g/mol. The standard InChI is InChI=1S/C15H13ClN2O2S/c16-12-8-17-15(21-12)11-7-13(19)18-14(20)10(11)6-9-4-2-1-3-5-9/h1-5,8,10-11H,6-7H2,(H,18,19,20). The summed E-state index contributed by atoms with van der Waals surface area (Å²) in [7, 11) is 0. The number of rotatable bonds is 3. The molecule has 0 bridgehead atoms. The van der Waals surface area contributed by atoms with Gasteiger partial charge in [-0.1, -0.05) is 41.9 Å². The molecule has 1 aromatic carbocycles. The van der Waals surface area contributed by atoms with Crippen LogP contribution in [0.3, 0.4) is 0 Å². The molecule has 2 atom stereocenters. The summed E-state index contributed by atoms with van der Waals surface area (Å²) < 4.78 is 0.571. The number of nitrogens with one attached hydrogen (secondary N) is 1. The number of aromatic nitrogens is 1. The highest BCUT2D eigenvalue weighted by atomic mass is 35.5. The number of imide groups is 1. The lowest BCUT2D eigenvalue weighted by atomic mass is 9.81. The third kappa shape index (κ3) is 3.14. The Morgan fingerprint density at radius 2 is 2.05 bits per heavy atom. The third-order valence-electron chi connectivity index (χ3n) is 3.60. The number of halogens is 1. The maximum absolute atomic E-state index is 12.2. The van der Waals surface area contributed by atoms with E-state index in [4.69, 9.17) is 11.6 Å². The lowest BCUT2D eigenvalue weighted by molar-refractivity contribution is -0.137. The number of nitrogens with zero attached hydrogens (tertiary/aromatic N) is 1. The quantitative estimate of drug-likeness (QED) is 0.885. The smallest absolute Gasteiger partial charge is 0.230 e. The van der Waals surface area contributed by atoms with Gasteiger partial charge in [0.1, 0.15) is 4.34 Å². The molecule has 108 valence electrons. The van der Waals surface area contributed by atoms with Crippen molar-refractivity contribution in [2.75, 3.05) is 0 Å². The lowest BCUT2D eigenvalue weighted by Gasteiger charge is -2.28. The van der Waals surface area contributed by atoms with Crippen molar-refractivity contribution < 1.29 is 9.59 Å². The van der Waals surface area contributed by atoms with E-state index in [1.165, 1.54) is 11.3 Å². The summed E-state index contributed by atoms with van der Waals surface area (Å²) in [4.78, 5) is 28.1. The van der Waals surface area contributed by atoms with Crippen molar-refractivity contribution in [1.82, 2.24) is 10.3 Å². The Morgan fingerprint density at radius 3 is 2.71 bits per heavy atom. The topological polar surface area (TPSA) is 59.1 Å². The van der Waals surface area contributed by atoms with Crippen LogP contribution >= 0.6 is 22.9 Å². The average Bonchev–Trinajstić information content (AvgIpc) is 2.89. The zero-order valence-electron chi connectivity index (χ0n) is 11.1. The normalized spacial score (nSPS) is 22.1. The predicted molar refractivity (Wildman–Crippen MR) is 81.3 cm³/mol. The highest BCUT2D eigenvalue weighted by Crippen LogP contribution is 2.36. The molecule has 4 nitrogen and oxygen atoms in total. The van der Waals surface area contributed by atoms with Crippen molar-refractivity contribution in [2.45, 2.75) is 18.8 Å². The molecule has 0 spiro atoms. The Balaban J connectivity index is 1.89. The van der Waals surface area contributed by atoms with Crippen LogP contribution in [0.1, 0.15) is 22.9 Å². The van der Waals surface area contributed by atoms with E-state index in [2.05, 4.69) is 10.3 Å². The molecule has 0 aliphatic carbocycles. The molecule has 1 aliphatic heterocycles. The third-order valence-corrected chi connectivity index (χ3v) is 4.85. The summed E-state index contributed by atoms with van der Waals surface area (Å²) in [6, 6.07) is 9.78. The minimum atomic E-state index is -0.299. The van der Waals surface area contributed by atoms with Gasteiger partial charge in [-0.25, -0.2) is 4.98 Å². The van der Waals surface area contributed by atoms with Gasteiger partial charge in [0, 0.05) is 12.3 Å². The van der Waals surface area contributed by atoms with E-state index in [9.17, 15) is 9.59 Å². The molecule has 0 saturated carbocycles. The van der Waals surface area contributed by atoms with Crippen LogP contribution in [0.15, 0.2) is 36.5 Å². The summed E-state index contributed by atoms with van der Waals surface area (Å²) in [6.45, 7) is 0. The maximum Gasteiger partial charge on any atom is 0.230 e. The number of piperidine rings is 1. The molecule has 2 heterocycles. The van der Waals surface area contributed by atoms with E-state index in [0.29, 0.717) is 10.8 Å². The molecule has 3 rings (SSSR count). The van der Waals surface area contributed by atoms with E-state index in [1.54, 1.807) is 6.20 Å². The largest absolute Gasteiger partial charge is 0.296 e. The van der Waals surface area contributed by atoms with Gasteiger partial charge in [0.05, 0.1) is 17.1 Å². The molecule has 21 heavy (non-hydrogen) atoms. The molecule has 0 radical (unpaired) electrons. The van der Waals surface area contributed by atoms with Gasteiger partial charge < -0.3 is 0 Å². The SMILES string of the molecule is O=C1CC(c2ncc(Cl)s2)C(Cc2ccccc2)C(=O)N1. The molecule has 2 unspecified atom stereocenters. The van der Waals surface area contributed by atoms with E-state index < -0.39 is 0 Å². The Kier molecular flexibility index (Phi) is 4.03. The minimum Gasteiger partial charge on any atom is -0.296 e. The molecule has 1 aliphatic rings. The Hall–Kier alpha value is -1.72. The first-order chi connectivity index (χ1) is 10.1. The van der Waals surface area contributed by atoms with Crippen LogP contribution in [-0.2, 0) is 16.0 Å². The summed E-state index contributed by atoms with van der Waals surface area (Å²) >= 11 is 7.27. The van der Waals surface area contributed by atoms with Crippen molar-refractivity contribution in [3.8, 4) is 0 Å². The van der Waals surface area contributed by atoms with Gasteiger partial charge in [-0.2, -0.15) is 0 Å². The number of benzene rings is 1. The van der Waals surface area contributed by atoms with Gasteiger partial charge >= 0.3 is 0 Å². The van der Waals surface area contributed by atoms with Gasteiger partial charge in [0.15, 0.2) is 0 Å². The van der Waals surface area contributed by atoms with E-state index >= 15 is 0 Å². The van der Waals surface area contributed by atoms with Gasteiger partial charge in [-0.05, 0) is 12.0 Å². The average molecular weight is 321 g/mol. The molecule has 1 saturated heterocycles. The van der Waals surface area contributed by atoms with Crippen LogP contribution in [-0.4, -0.2) is 16.8 Å². The van der Waals surface area contributed by atoms with E-state index in [0.717, 1.165) is 10.6 Å². The van der Waals surface area contributed by atoms with Crippen molar-refractivity contribution in [3.63, 3.8) is 0 Å². The Labute approximate surface area is 131 Å². The second kappa shape index (κ2) is 5.95. The van der Waals surface area contributed by atoms with Gasteiger partial charge in [-0.15, -0.1) is 11.3 Å². The molecular formula is C15H13ClN2O2S. The fraction of sp³-hybridized carbons (Fsp3) is 0.267. The molecule has 2 aromatic rings. The fourth-order valence-corrected chi connectivity index (χ4v) is 3.70. The van der Waals surface area contributed by atoms with Crippen molar-refractivity contribution in [3.05, 3.63) is 51.4 Å². The fourth-order valence-electron chi connectivity index (χ4n) is 2.61. The first-order valence-electron chi connectivity index (χ1n) is 6.62. The Morgan fingerprint density at radius 1 is 1.29 bits per heavy atom. The Bertz CT molecular complexity index is 671. The van der Waals surface area contributed by atoms with E-state index in [1.807, 2.05) is 30.3 Å². The zero-order valence-corrected chi connectivity index (χ0v) is 12.7. The number of amides is 2. The number of thiazole rings is 1. The summed E-state index contributed by atoms with van der Waals surface area (Å²) in [5.41, 5.74) is 1.07. The van der Waals surface area contributed by atoms with Crippen LogP contribution in [0.2, 0.25) is 4.34 Å². The number of hydrogen-bond donors (Lipinski definition) is 1. The molecule has 1 fully saturated rings. The maximum atomic E-state index is 12.2. The second-order valence-corrected chi connectivity index (χ2v) is 6.72. The van der Waals surface area contributed by atoms with Crippen LogP contribution < -0.4 is 5.32 Å². The highest BCUT2D eigenvalue weighted by molar-refractivity contribution is 7.15.